The van der Waals surface area contributed by atoms with Gasteiger partial charge in [0.2, 0.25) is 5.95 Å². The van der Waals surface area contributed by atoms with Gasteiger partial charge in [-0.05, 0) is 25.1 Å². The normalized spacial score (nSPS) is 10.7. The van der Waals surface area contributed by atoms with Gasteiger partial charge in [-0.25, -0.2) is 4.98 Å². The molecule has 2 heterocycles. The van der Waals surface area contributed by atoms with Crippen LogP contribution in [0.5, 0.6) is 5.75 Å². The van der Waals surface area contributed by atoms with Crippen LogP contribution in [0.1, 0.15) is 6.92 Å². The summed E-state index contributed by atoms with van der Waals surface area (Å²) in [5.41, 5.74) is 12.1. The van der Waals surface area contributed by atoms with Crippen molar-refractivity contribution in [1.82, 2.24) is 15.0 Å². The molecule has 0 unspecified atom stereocenters. The molecule has 21 heavy (non-hydrogen) atoms. The van der Waals surface area contributed by atoms with Gasteiger partial charge in [-0.3, -0.25) is 0 Å². The Kier molecular flexibility index (Phi) is 3.44. The highest BCUT2D eigenvalue weighted by Crippen LogP contribution is 2.30. The highest BCUT2D eigenvalue weighted by molar-refractivity contribution is 7.22. The number of fused-ring (bicyclic) bond motifs is 1. The summed E-state index contributed by atoms with van der Waals surface area (Å²) in [7, 11) is 0. The van der Waals surface area contributed by atoms with E-state index < -0.39 is 0 Å². The lowest BCUT2D eigenvalue weighted by molar-refractivity contribution is 0.341. The molecule has 108 valence electrons. The minimum Gasteiger partial charge on any atom is -0.494 e. The van der Waals surface area contributed by atoms with Crippen LogP contribution in [0.15, 0.2) is 24.3 Å². The number of nitrogens with zero attached hydrogens (tertiary/aromatic N) is 3. The number of nitrogen functional groups attached to an aromatic ring is 2. The molecule has 3 rings (SSSR count). The number of aromatic nitrogens is 3. The molecule has 8 heteroatoms. The van der Waals surface area contributed by atoms with E-state index in [9.17, 15) is 0 Å². The van der Waals surface area contributed by atoms with Gasteiger partial charge in [0.25, 0.3) is 0 Å². The van der Waals surface area contributed by atoms with Crippen molar-refractivity contribution in [2.75, 3.05) is 23.4 Å². The predicted molar refractivity (Wildman–Crippen MR) is 84.9 cm³/mol. The summed E-state index contributed by atoms with van der Waals surface area (Å²) in [5, 5.41) is 3.79. The molecular weight excluding hydrogens is 288 g/mol. The van der Waals surface area contributed by atoms with E-state index in [1.165, 1.54) is 11.3 Å². The molecule has 0 atom stereocenters. The van der Waals surface area contributed by atoms with Gasteiger partial charge in [-0.15, -0.1) is 0 Å². The van der Waals surface area contributed by atoms with Gasteiger partial charge in [0.1, 0.15) is 17.4 Å². The Morgan fingerprint density at radius 3 is 2.81 bits per heavy atom. The highest BCUT2D eigenvalue weighted by atomic mass is 32.1. The largest absolute Gasteiger partial charge is 0.494 e. The number of anilines is 4. The number of benzene rings is 1. The first-order valence-corrected chi connectivity index (χ1v) is 7.16. The summed E-state index contributed by atoms with van der Waals surface area (Å²) in [5.74, 6) is 1.78. The Labute approximate surface area is 125 Å². The van der Waals surface area contributed by atoms with Crippen LogP contribution in [0.25, 0.3) is 10.2 Å². The lowest BCUT2D eigenvalue weighted by Crippen LogP contribution is -2.02. The maximum Gasteiger partial charge on any atom is 0.223 e. The monoisotopic (exact) mass is 302 g/mol. The lowest BCUT2D eigenvalue weighted by Gasteiger charge is -2.02. The number of rotatable bonds is 4. The zero-order valence-corrected chi connectivity index (χ0v) is 12.1. The fraction of sp³-hybridized carbons (Fsp3) is 0.154. The van der Waals surface area contributed by atoms with Crippen molar-refractivity contribution in [3.8, 4) is 5.75 Å². The van der Waals surface area contributed by atoms with Gasteiger partial charge in [-0.2, -0.15) is 9.97 Å². The SMILES string of the molecule is CCOc1ccc2nc(Nc3cc(N)nc(N)n3)sc2c1. The van der Waals surface area contributed by atoms with Gasteiger partial charge in [0.15, 0.2) is 5.13 Å². The third-order valence-corrected chi connectivity index (χ3v) is 3.60. The van der Waals surface area contributed by atoms with Crippen LogP contribution >= 0.6 is 11.3 Å². The molecule has 3 aromatic rings. The zero-order chi connectivity index (χ0) is 14.8. The molecule has 7 nitrogen and oxygen atoms in total. The van der Waals surface area contributed by atoms with Crippen molar-refractivity contribution < 1.29 is 4.74 Å². The maximum absolute atomic E-state index is 5.64. The summed E-state index contributed by atoms with van der Waals surface area (Å²) in [4.78, 5) is 12.4. The molecule has 0 saturated heterocycles. The van der Waals surface area contributed by atoms with Gasteiger partial charge in [-0.1, -0.05) is 11.3 Å². The molecule has 2 aromatic heterocycles. The topological polar surface area (TPSA) is 112 Å². The molecule has 0 aliphatic carbocycles. The number of thiazole rings is 1. The van der Waals surface area contributed by atoms with E-state index in [1.807, 2.05) is 25.1 Å². The molecule has 0 bridgehead atoms. The third kappa shape index (κ3) is 2.95. The van der Waals surface area contributed by atoms with Gasteiger partial charge in [0, 0.05) is 6.07 Å². The van der Waals surface area contributed by atoms with Crippen LogP contribution in [0, 0.1) is 0 Å². The van der Waals surface area contributed by atoms with E-state index >= 15 is 0 Å². The first-order chi connectivity index (χ1) is 10.1. The number of nitrogens with two attached hydrogens (primary N) is 2. The van der Waals surface area contributed by atoms with Crippen LogP contribution in [-0.2, 0) is 0 Å². The minimum absolute atomic E-state index is 0.122. The van der Waals surface area contributed by atoms with E-state index in [2.05, 4.69) is 20.3 Å². The fourth-order valence-electron chi connectivity index (χ4n) is 1.87. The van der Waals surface area contributed by atoms with Gasteiger partial charge >= 0.3 is 0 Å². The van der Waals surface area contributed by atoms with Crippen molar-refractivity contribution in [3.05, 3.63) is 24.3 Å². The molecule has 0 aliphatic heterocycles. The Balaban J connectivity index is 1.90. The Hall–Kier alpha value is -2.61. The molecule has 0 radical (unpaired) electrons. The summed E-state index contributed by atoms with van der Waals surface area (Å²) in [6.07, 6.45) is 0. The van der Waals surface area contributed by atoms with E-state index in [-0.39, 0.29) is 5.95 Å². The quantitative estimate of drug-likeness (QED) is 0.678. The van der Waals surface area contributed by atoms with E-state index in [4.69, 9.17) is 16.2 Å². The van der Waals surface area contributed by atoms with E-state index in [0.717, 1.165) is 16.0 Å². The summed E-state index contributed by atoms with van der Waals surface area (Å²) < 4.78 is 6.50. The fourth-order valence-corrected chi connectivity index (χ4v) is 2.77. The second-order valence-corrected chi connectivity index (χ2v) is 5.27. The average molecular weight is 302 g/mol. The number of ether oxygens (including phenoxy) is 1. The first-order valence-electron chi connectivity index (χ1n) is 6.34. The minimum atomic E-state index is 0.122. The van der Waals surface area contributed by atoms with Gasteiger partial charge < -0.3 is 21.5 Å². The smallest absolute Gasteiger partial charge is 0.223 e. The van der Waals surface area contributed by atoms with Crippen LogP contribution < -0.4 is 21.5 Å². The van der Waals surface area contributed by atoms with Crippen LogP contribution in [0.3, 0.4) is 0 Å². The zero-order valence-electron chi connectivity index (χ0n) is 11.3. The standard InChI is InChI=1S/C13H14N6OS/c1-2-20-7-3-4-8-9(5-7)21-13(16-8)19-11-6-10(14)17-12(15)18-11/h3-6H,2H2,1H3,(H5,14,15,16,17,18,19). The van der Waals surface area contributed by atoms with Crippen molar-refractivity contribution in [3.63, 3.8) is 0 Å². The number of hydrogen-bond donors (Lipinski definition) is 3. The number of nitrogens with one attached hydrogen (secondary N) is 1. The lowest BCUT2D eigenvalue weighted by atomic mass is 10.3. The predicted octanol–water partition coefficient (Wildman–Crippen LogP) is 2.39. The van der Waals surface area contributed by atoms with Crippen LogP contribution in [0.2, 0.25) is 0 Å². The summed E-state index contributed by atoms with van der Waals surface area (Å²) in [6, 6.07) is 7.39. The Bertz CT molecular complexity index is 767. The summed E-state index contributed by atoms with van der Waals surface area (Å²) in [6.45, 7) is 2.59. The van der Waals surface area contributed by atoms with Crippen molar-refractivity contribution in [1.29, 1.82) is 0 Å². The molecular formula is C13H14N6OS. The van der Waals surface area contributed by atoms with E-state index in [0.29, 0.717) is 23.4 Å². The Morgan fingerprint density at radius 1 is 1.19 bits per heavy atom. The second kappa shape index (κ2) is 5.41. The van der Waals surface area contributed by atoms with E-state index in [1.54, 1.807) is 6.07 Å². The van der Waals surface area contributed by atoms with Crippen LogP contribution in [-0.4, -0.2) is 21.6 Å². The van der Waals surface area contributed by atoms with Crippen molar-refractivity contribution in [2.45, 2.75) is 6.92 Å². The van der Waals surface area contributed by atoms with Crippen molar-refractivity contribution in [2.24, 2.45) is 0 Å². The Morgan fingerprint density at radius 2 is 2.05 bits per heavy atom. The second-order valence-electron chi connectivity index (χ2n) is 4.24. The first kappa shape index (κ1) is 13.4. The average Bonchev–Trinajstić information content (AvgIpc) is 2.79. The molecule has 0 spiro atoms. The molecule has 1 aromatic carbocycles. The molecule has 0 saturated carbocycles. The molecule has 0 amide bonds. The van der Waals surface area contributed by atoms with Gasteiger partial charge in [0.05, 0.1) is 16.8 Å². The number of hydrogen-bond acceptors (Lipinski definition) is 8. The summed E-state index contributed by atoms with van der Waals surface area (Å²) >= 11 is 1.50. The van der Waals surface area contributed by atoms with Crippen LogP contribution in [0.4, 0.5) is 22.7 Å². The van der Waals surface area contributed by atoms with Crippen molar-refractivity contribution >= 4 is 44.3 Å². The molecule has 0 fully saturated rings. The molecule has 5 N–H and O–H groups in total. The highest BCUT2D eigenvalue weighted by Gasteiger charge is 2.07. The maximum atomic E-state index is 5.64. The molecule has 0 aliphatic rings. The third-order valence-electron chi connectivity index (χ3n) is 2.67.